The zero-order chi connectivity index (χ0) is 19.5. The monoisotopic (exact) mass is 375 g/mol. The van der Waals surface area contributed by atoms with Gasteiger partial charge in [-0.2, -0.15) is 0 Å². The molecule has 140 valence electrons. The predicted molar refractivity (Wildman–Crippen MR) is 102 cm³/mol. The fraction of sp³-hybridized carbons (Fsp3) is 0.158. The van der Waals surface area contributed by atoms with E-state index in [1.54, 1.807) is 41.2 Å². The molecule has 0 saturated heterocycles. The highest BCUT2D eigenvalue weighted by Crippen LogP contribution is 2.16. The maximum absolute atomic E-state index is 12.6. The number of amides is 1. The molecular weight excluding hydrogens is 358 g/mol. The number of carbonyl (C=O) groups is 1. The van der Waals surface area contributed by atoms with Crippen molar-refractivity contribution in [2.75, 3.05) is 0 Å². The van der Waals surface area contributed by atoms with Crippen LogP contribution >= 0.6 is 0 Å². The lowest BCUT2D eigenvalue weighted by Crippen LogP contribution is -2.33. The Hall–Kier alpha value is -3.88. The van der Waals surface area contributed by atoms with Gasteiger partial charge in [-0.1, -0.05) is 6.92 Å². The minimum atomic E-state index is -0.516. The minimum absolute atomic E-state index is 0.0621. The molecule has 1 amide bonds. The lowest BCUT2D eigenvalue weighted by atomic mass is 10.1. The first-order valence-electron chi connectivity index (χ1n) is 8.76. The van der Waals surface area contributed by atoms with E-state index in [1.807, 2.05) is 19.3 Å². The molecule has 0 bridgehead atoms. The molecule has 0 spiro atoms. The van der Waals surface area contributed by atoms with Crippen LogP contribution in [0.1, 0.15) is 35.4 Å². The van der Waals surface area contributed by atoms with Crippen LogP contribution in [-0.2, 0) is 0 Å². The number of pyridine rings is 1. The van der Waals surface area contributed by atoms with Crippen LogP contribution in [0, 0.1) is 0 Å². The number of carbonyl (C=O) groups excluding carboxylic acids is 1. The van der Waals surface area contributed by atoms with Gasteiger partial charge in [-0.25, -0.2) is 15.0 Å². The first-order chi connectivity index (χ1) is 13.7. The van der Waals surface area contributed by atoms with E-state index in [-0.39, 0.29) is 11.6 Å². The molecule has 0 aliphatic heterocycles. The Labute approximate surface area is 159 Å². The number of imidazole rings is 1. The summed E-state index contributed by atoms with van der Waals surface area (Å²) in [6, 6.07) is 4.96. The summed E-state index contributed by atoms with van der Waals surface area (Å²) in [5.74, 6) is 0.391. The molecule has 4 rings (SSSR count). The van der Waals surface area contributed by atoms with Crippen molar-refractivity contribution in [3.63, 3.8) is 0 Å². The van der Waals surface area contributed by atoms with Gasteiger partial charge in [0.15, 0.2) is 0 Å². The largest absolute Gasteiger partial charge is 0.343 e. The van der Waals surface area contributed by atoms with Crippen LogP contribution in [0.2, 0.25) is 0 Å². The van der Waals surface area contributed by atoms with Gasteiger partial charge in [-0.15, -0.1) is 0 Å². The summed E-state index contributed by atoms with van der Waals surface area (Å²) >= 11 is 0. The van der Waals surface area contributed by atoms with Gasteiger partial charge in [0.05, 0.1) is 11.7 Å². The van der Waals surface area contributed by atoms with E-state index in [9.17, 15) is 9.59 Å². The fourth-order valence-electron chi connectivity index (χ4n) is 2.84. The van der Waals surface area contributed by atoms with E-state index in [4.69, 9.17) is 0 Å². The highest BCUT2D eigenvalue weighted by molar-refractivity contribution is 5.93. The van der Waals surface area contributed by atoms with Crippen molar-refractivity contribution in [1.29, 1.82) is 0 Å². The molecule has 0 unspecified atom stereocenters. The Balaban J connectivity index is 1.57. The predicted octanol–water partition coefficient (Wildman–Crippen LogP) is 1.76. The van der Waals surface area contributed by atoms with E-state index in [0.29, 0.717) is 29.3 Å². The topological polar surface area (TPSA) is 118 Å². The quantitative estimate of drug-likeness (QED) is 0.549. The number of aromatic amines is 1. The van der Waals surface area contributed by atoms with Crippen LogP contribution in [0.25, 0.3) is 17.2 Å². The molecule has 9 nitrogen and oxygen atoms in total. The Kier molecular flexibility index (Phi) is 4.63. The molecule has 1 atom stereocenters. The third kappa shape index (κ3) is 3.37. The summed E-state index contributed by atoms with van der Waals surface area (Å²) in [6.07, 6.45) is 10.4. The fourth-order valence-corrected chi connectivity index (χ4v) is 2.84. The van der Waals surface area contributed by atoms with Gasteiger partial charge in [0.2, 0.25) is 5.78 Å². The smallest absolute Gasteiger partial charge is 0.264 e. The van der Waals surface area contributed by atoms with E-state index < -0.39 is 11.5 Å². The molecule has 0 radical (unpaired) electrons. The molecule has 4 heterocycles. The Bertz CT molecular complexity index is 1150. The molecular formula is C19H17N7O2. The SMILES string of the molecule is CC[C@@H](NC(=O)c1cnc(-c2cccnc2)[nH]c1=O)c1cn2cccnc2n1. The van der Waals surface area contributed by atoms with Gasteiger partial charge in [0.1, 0.15) is 11.4 Å². The summed E-state index contributed by atoms with van der Waals surface area (Å²) in [5, 5.41) is 2.85. The maximum atomic E-state index is 12.6. The summed E-state index contributed by atoms with van der Waals surface area (Å²) in [5.41, 5.74) is 0.756. The van der Waals surface area contributed by atoms with Gasteiger partial charge in [0, 0.05) is 42.7 Å². The summed E-state index contributed by atoms with van der Waals surface area (Å²) in [6.45, 7) is 1.93. The summed E-state index contributed by atoms with van der Waals surface area (Å²) in [4.78, 5) is 44.5. The second kappa shape index (κ2) is 7.39. The molecule has 0 aliphatic rings. The van der Waals surface area contributed by atoms with Crippen LogP contribution in [0.4, 0.5) is 0 Å². The van der Waals surface area contributed by atoms with Gasteiger partial charge in [0.25, 0.3) is 11.5 Å². The Morgan fingerprint density at radius 2 is 2.14 bits per heavy atom. The number of nitrogens with one attached hydrogen (secondary N) is 2. The van der Waals surface area contributed by atoms with E-state index >= 15 is 0 Å². The highest BCUT2D eigenvalue weighted by atomic mass is 16.2. The van der Waals surface area contributed by atoms with Crippen molar-refractivity contribution in [2.24, 2.45) is 0 Å². The Morgan fingerprint density at radius 1 is 1.25 bits per heavy atom. The van der Waals surface area contributed by atoms with Gasteiger partial charge in [-0.3, -0.25) is 19.0 Å². The zero-order valence-corrected chi connectivity index (χ0v) is 15.0. The first-order valence-corrected chi connectivity index (χ1v) is 8.76. The maximum Gasteiger partial charge on any atom is 0.264 e. The van der Waals surface area contributed by atoms with Crippen molar-refractivity contribution in [2.45, 2.75) is 19.4 Å². The average molecular weight is 375 g/mol. The van der Waals surface area contributed by atoms with Crippen LogP contribution in [-0.4, -0.2) is 35.2 Å². The number of aromatic nitrogens is 6. The molecule has 0 fully saturated rings. The van der Waals surface area contributed by atoms with Crippen molar-refractivity contribution >= 4 is 11.7 Å². The lowest BCUT2D eigenvalue weighted by molar-refractivity contribution is 0.0933. The van der Waals surface area contributed by atoms with Crippen LogP contribution in [0.3, 0.4) is 0 Å². The second-order valence-electron chi connectivity index (χ2n) is 6.14. The molecule has 9 heteroatoms. The van der Waals surface area contributed by atoms with Crippen LogP contribution < -0.4 is 10.9 Å². The van der Waals surface area contributed by atoms with Gasteiger partial charge >= 0.3 is 0 Å². The number of H-pyrrole nitrogens is 1. The summed E-state index contributed by atoms with van der Waals surface area (Å²) < 4.78 is 1.78. The minimum Gasteiger partial charge on any atom is -0.343 e. The van der Waals surface area contributed by atoms with E-state index in [1.165, 1.54) is 6.20 Å². The molecule has 0 saturated carbocycles. The van der Waals surface area contributed by atoms with Crippen LogP contribution in [0.15, 0.2) is 60.2 Å². The number of rotatable bonds is 5. The highest BCUT2D eigenvalue weighted by Gasteiger charge is 2.20. The Morgan fingerprint density at radius 3 is 2.86 bits per heavy atom. The first kappa shape index (κ1) is 17.5. The number of nitrogens with zero attached hydrogens (tertiary/aromatic N) is 5. The number of fused-ring (bicyclic) bond motifs is 1. The zero-order valence-electron chi connectivity index (χ0n) is 15.0. The lowest BCUT2D eigenvalue weighted by Gasteiger charge is -2.14. The third-order valence-electron chi connectivity index (χ3n) is 4.30. The van der Waals surface area contributed by atoms with E-state index in [0.717, 1.165) is 0 Å². The standard InChI is InChI=1S/C19H17N7O2/c1-2-14(15-11-26-8-4-7-21-19(26)24-15)23-17(27)13-10-22-16(25-18(13)28)12-5-3-6-20-9-12/h3-11,14H,2H2,1H3,(H,23,27)(H,22,25,28)/t14-/m1/s1. The van der Waals surface area contributed by atoms with Crippen molar-refractivity contribution < 1.29 is 4.79 Å². The normalized spacial score (nSPS) is 12.0. The van der Waals surface area contributed by atoms with Gasteiger partial charge in [-0.05, 0) is 24.6 Å². The molecule has 28 heavy (non-hydrogen) atoms. The molecule has 4 aromatic heterocycles. The van der Waals surface area contributed by atoms with Crippen molar-refractivity contribution in [1.82, 2.24) is 34.6 Å². The number of hydrogen-bond donors (Lipinski definition) is 2. The van der Waals surface area contributed by atoms with Crippen molar-refractivity contribution in [3.8, 4) is 11.4 Å². The van der Waals surface area contributed by atoms with E-state index in [2.05, 4.69) is 30.2 Å². The molecule has 0 aromatic carbocycles. The molecule has 0 aliphatic carbocycles. The summed E-state index contributed by atoms with van der Waals surface area (Å²) in [7, 11) is 0. The third-order valence-corrected chi connectivity index (χ3v) is 4.30. The number of hydrogen-bond acceptors (Lipinski definition) is 6. The second-order valence-corrected chi connectivity index (χ2v) is 6.14. The molecule has 2 N–H and O–H groups in total. The van der Waals surface area contributed by atoms with Crippen molar-refractivity contribution in [3.05, 3.63) is 77.0 Å². The molecule has 4 aromatic rings. The van der Waals surface area contributed by atoms with Crippen LogP contribution in [0.5, 0.6) is 0 Å². The van der Waals surface area contributed by atoms with Gasteiger partial charge < -0.3 is 10.3 Å². The average Bonchev–Trinajstić information content (AvgIpc) is 3.16.